The summed E-state index contributed by atoms with van der Waals surface area (Å²) in [5.74, 6) is 0.906. The molecule has 0 saturated carbocycles. The van der Waals surface area contributed by atoms with Gasteiger partial charge >= 0.3 is 0 Å². The largest absolute Gasteiger partial charge is 0.496 e. The number of para-hydroxylation sites is 1. The highest BCUT2D eigenvalue weighted by Gasteiger charge is 2.05. The minimum Gasteiger partial charge on any atom is -0.496 e. The van der Waals surface area contributed by atoms with E-state index in [1.807, 2.05) is 24.5 Å². The van der Waals surface area contributed by atoms with Gasteiger partial charge in [-0.25, -0.2) is 4.98 Å². The molecule has 0 amide bonds. The van der Waals surface area contributed by atoms with Crippen LogP contribution in [-0.4, -0.2) is 16.7 Å². The summed E-state index contributed by atoms with van der Waals surface area (Å²) in [4.78, 5) is 4.48. The van der Waals surface area contributed by atoms with Crippen molar-refractivity contribution in [3.63, 3.8) is 0 Å². The third-order valence-electron chi connectivity index (χ3n) is 3.76. The molecular formula is C18H21N3O. The Morgan fingerprint density at radius 3 is 2.86 bits per heavy atom. The fraction of sp³-hybridized carbons (Fsp3) is 0.278. The zero-order valence-electron chi connectivity index (χ0n) is 13.0. The average Bonchev–Trinajstić information content (AvgIpc) is 2.96. The van der Waals surface area contributed by atoms with Gasteiger partial charge in [0.05, 0.1) is 24.5 Å². The third kappa shape index (κ3) is 2.91. The molecule has 0 unspecified atom stereocenters. The molecule has 0 saturated heterocycles. The number of aromatic nitrogens is 2. The van der Waals surface area contributed by atoms with Gasteiger partial charge in [-0.05, 0) is 30.7 Å². The van der Waals surface area contributed by atoms with Crippen LogP contribution in [0.15, 0.2) is 48.8 Å². The molecule has 4 nitrogen and oxygen atoms in total. The van der Waals surface area contributed by atoms with Crippen molar-refractivity contribution in [3.8, 4) is 5.75 Å². The van der Waals surface area contributed by atoms with Crippen molar-refractivity contribution >= 4 is 16.7 Å². The maximum atomic E-state index is 5.38. The fourth-order valence-electron chi connectivity index (χ4n) is 2.64. The van der Waals surface area contributed by atoms with E-state index < -0.39 is 0 Å². The van der Waals surface area contributed by atoms with E-state index in [-0.39, 0.29) is 0 Å². The lowest BCUT2D eigenvalue weighted by molar-refractivity contribution is 0.410. The second-order valence-corrected chi connectivity index (χ2v) is 5.31. The number of fused-ring (bicyclic) bond motifs is 1. The molecule has 2 aromatic carbocycles. The number of methoxy groups -OCH3 is 1. The van der Waals surface area contributed by atoms with Gasteiger partial charge < -0.3 is 14.6 Å². The van der Waals surface area contributed by atoms with Gasteiger partial charge in [-0.1, -0.05) is 25.1 Å². The second kappa shape index (κ2) is 6.52. The summed E-state index contributed by atoms with van der Waals surface area (Å²) in [5, 5.41) is 3.44. The van der Waals surface area contributed by atoms with Gasteiger partial charge in [0.2, 0.25) is 0 Å². The van der Waals surface area contributed by atoms with Crippen LogP contribution < -0.4 is 10.1 Å². The molecule has 0 fully saturated rings. The number of anilines is 1. The van der Waals surface area contributed by atoms with Crippen LogP contribution in [0.3, 0.4) is 0 Å². The van der Waals surface area contributed by atoms with E-state index >= 15 is 0 Å². The first kappa shape index (κ1) is 14.4. The van der Waals surface area contributed by atoms with Crippen LogP contribution >= 0.6 is 0 Å². The Labute approximate surface area is 130 Å². The molecule has 0 aliphatic rings. The van der Waals surface area contributed by atoms with E-state index in [1.165, 1.54) is 5.52 Å². The zero-order chi connectivity index (χ0) is 15.4. The molecule has 1 heterocycles. The number of aryl methyl sites for hydroxylation is 1. The molecule has 1 N–H and O–H groups in total. The number of rotatable bonds is 6. The van der Waals surface area contributed by atoms with E-state index in [4.69, 9.17) is 4.74 Å². The number of ether oxygens (including phenoxy) is 1. The van der Waals surface area contributed by atoms with E-state index in [2.05, 4.69) is 46.1 Å². The monoisotopic (exact) mass is 295 g/mol. The van der Waals surface area contributed by atoms with Gasteiger partial charge in [0.1, 0.15) is 5.75 Å². The summed E-state index contributed by atoms with van der Waals surface area (Å²) in [6.07, 6.45) is 3.03. The zero-order valence-corrected chi connectivity index (χ0v) is 13.0. The van der Waals surface area contributed by atoms with Crippen molar-refractivity contribution in [3.05, 3.63) is 54.4 Å². The second-order valence-electron chi connectivity index (χ2n) is 5.31. The minimum atomic E-state index is 0.727. The number of hydrogen-bond donors (Lipinski definition) is 1. The molecule has 3 aromatic rings. The molecule has 0 bridgehead atoms. The van der Waals surface area contributed by atoms with E-state index in [1.54, 1.807) is 7.11 Å². The number of benzene rings is 2. The molecule has 0 aliphatic carbocycles. The summed E-state index contributed by atoms with van der Waals surface area (Å²) in [5.41, 5.74) is 4.42. The van der Waals surface area contributed by atoms with E-state index in [0.717, 1.165) is 42.0 Å². The number of nitrogens with zero attached hydrogens (tertiary/aromatic N) is 2. The van der Waals surface area contributed by atoms with Crippen molar-refractivity contribution in [1.82, 2.24) is 9.55 Å². The molecule has 0 spiro atoms. The Kier molecular flexibility index (Phi) is 4.28. The number of nitrogens with one attached hydrogen (secondary N) is 1. The van der Waals surface area contributed by atoms with Crippen molar-refractivity contribution in [2.45, 2.75) is 26.4 Å². The Morgan fingerprint density at radius 2 is 2.05 bits per heavy atom. The fourth-order valence-corrected chi connectivity index (χ4v) is 2.64. The van der Waals surface area contributed by atoms with Crippen LogP contribution in [0.5, 0.6) is 5.75 Å². The van der Waals surface area contributed by atoms with Crippen LogP contribution in [0.2, 0.25) is 0 Å². The van der Waals surface area contributed by atoms with Crippen molar-refractivity contribution in [1.29, 1.82) is 0 Å². The molecule has 114 valence electrons. The van der Waals surface area contributed by atoms with Gasteiger partial charge in [-0.2, -0.15) is 0 Å². The SMILES string of the molecule is CCCn1cnc2cc(NCc3ccccc3OC)ccc21. The first-order valence-corrected chi connectivity index (χ1v) is 7.62. The maximum absolute atomic E-state index is 5.38. The molecule has 0 atom stereocenters. The van der Waals surface area contributed by atoms with Crippen LogP contribution in [0, 0.1) is 0 Å². The molecule has 4 heteroatoms. The van der Waals surface area contributed by atoms with Crippen molar-refractivity contribution in [2.24, 2.45) is 0 Å². The smallest absolute Gasteiger partial charge is 0.123 e. The number of imidazole rings is 1. The minimum absolute atomic E-state index is 0.727. The van der Waals surface area contributed by atoms with Gasteiger partial charge in [0.15, 0.2) is 0 Å². The topological polar surface area (TPSA) is 39.1 Å². The Balaban J connectivity index is 1.77. The maximum Gasteiger partial charge on any atom is 0.123 e. The molecule has 1 aromatic heterocycles. The molecule has 3 rings (SSSR count). The van der Waals surface area contributed by atoms with Gasteiger partial charge in [0, 0.05) is 24.3 Å². The summed E-state index contributed by atoms with van der Waals surface area (Å²) in [6.45, 7) is 3.91. The molecule has 0 aliphatic heterocycles. The van der Waals surface area contributed by atoms with Crippen molar-refractivity contribution in [2.75, 3.05) is 12.4 Å². The average molecular weight is 295 g/mol. The predicted molar refractivity (Wildman–Crippen MR) is 90.3 cm³/mol. The quantitative estimate of drug-likeness (QED) is 0.745. The van der Waals surface area contributed by atoms with Gasteiger partial charge in [-0.3, -0.25) is 0 Å². The Bertz CT molecular complexity index is 764. The summed E-state index contributed by atoms with van der Waals surface area (Å²) in [7, 11) is 1.70. The van der Waals surface area contributed by atoms with Crippen LogP contribution in [0.25, 0.3) is 11.0 Å². The summed E-state index contributed by atoms with van der Waals surface area (Å²) in [6, 6.07) is 14.4. The van der Waals surface area contributed by atoms with Crippen molar-refractivity contribution < 1.29 is 4.74 Å². The van der Waals surface area contributed by atoms with Gasteiger partial charge in [-0.15, -0.1) is 0 Å². The lowest BCUT2D eigenvalue weighted by atomic mass is 10.2. The van der Waals surface area contributed by atoms with E-state index in [9.17, 15) is 0 Å². The van der Waals surface area contributed by atoms with E-state index in [0.29, 0.717) is 0 Å². The summed E-state index contributed by atoms with van der Waals surface area (Å²) < 4.78 is 7.57. The highest BCUT2D eigenvalue weighted by molar-refractivity contribution is 5.79. The van der Waals surface area contributed by atoms with Gasteiger partial charge in [0.25, 0.3) is 0 Å². The standard InChI is InChI=1S/C18H21N3O/c1-3-10-21-13-20-16-11-15(8-9-17(16)21)19-12-14-6-4-5-7-18(14)22-2/h4-9,11,13,19H,3,10,12H2,1-2H3. The highest BCUT2D eigenvalue weighted by Crippen LogP contribution is 2.21. The normalized spacial score (nSPS) is 10.8. The predicted octanol–water partition coefficient (Wildman–Crippen LogP) is 4.07. The van der Waals surface area contributed by atoms with Crippen LogP contribution in [0.1, 0.15) is 18.9 Å². The Hall–Kier alpha value is -2.49. The Morgan fingerprint density at radius 1 is 1.18 bits per heavy atom. The first-order chi connectivity index (χ1) is 10.8. The molecule has 22 heavy (non-hydrogen) atoms. The van der Waals surface area contributed by atoms with Crippen LogP contribution in [0.4, 0.5) is 5.69 Å². The lowest BCUT2D eigenvalue weighted by Crippen LogP contribution is -2.01. The molecular weight excluding hydrogens is 274 g/mol. The molecule has 0 radical (unpaired) electrons. The highest BCUT2D eigenvalue weighted by atomic mass is 16.5. The lowest BCUT2D eigenvalue weighted by Gasteiger charge is -2.10. The third-order valence-corrected chi connectivity index (χ3v) is 3.76. The number of hydrogen-bond acceptors (Lipinski definition) is 3. The first-order valence-electron chi connectivity index (χ1n) is 7.62. The van der Waals surface area contributed by atoms with Crippen LogP contribution in [-0.2, 0) is 13.1 Å². The summed E-state index contributed by atoms with van der Waals surface area (Å²) >= 11 is 0.